The summed E-state index contributed by atoms with van der Waals surface area (Å²) in [5.41, 5.74) is 1.82. The molecular formula is C94H135N11O30. The maximum Gasteiger partial charge on any atom is 0.326 e. The summed E-state index contributed by atoms with van der Waals surface area (Å²) in [6.07, 6.45) is 2.86. The maximum absolute atomic E-state index is 14.7. The van der Waals surface area contributed by atoms with Crippen molar-refractivity contribution in [3.63, 3.8) is 0 Å². The molecule has 14 N–H and O–H groups in total. The Morgan fingerprint density at radius 3 is 1.59 bits per heavy atom. The summed E-state index contributed by atoms with van der Waals surface area (Å²) in [4.78, 5) is 259. The number of unbranched alkanes of at least 4 members (excludes halogenated alkanes) is 6. The minimum atomic E-state index is -1.54. The first-order chi connectivity index (χ1) is 64.1. The number of Topliss-reactive ketones (excluding diaryl/α,β-unsaturated/α-hetero) is 4. The highest BCUT2D eigenvalue weighted by atomic mass is 16.7. The van der Waals surface area contributed by atoms with Crippen molar-refractivity contribution in [2.45, 2.75) is 251 Å². The second-order valence-electron chi connectivity index (χ2n) is 35.1. The van der Waals surface area contributed by atoms with Crippen LogP contribution in [0.15, 0.2) is 73.1 Å². The van der Waals surface area contributed by atoms with E-state index in [1.54, 1.807) is 62.1 Å². The molecule has 41 heteroatoms. The standard InChI is InChI=1S/C94H135N11O30/c1-59(2)47-69(54-79(111)74(58-106)100-88(123)75-25-18-38-105(75)89(124)61(4)97-86(121)65-33-36-95-37-34-65)94(133)135-62(5)134-85(120)32-28-67(91(127)128)52-71(108)51-66(90(125)126)21-12-9-14-23-70(107)22-13-6-7-15-26-80(112)96-35-17-16-24-72(92(129)130)99-87(122)68(49-63-19-10-8-11-20-63)53-78(110)73(50-64-27-30-77(109)60(3)48-64)98-81(113)31-29-76(93(131)132)104-45-43-102(56-83(116)117)41-39-101(55-82(114)115)40-42-103(44-46-104)57-84(118)119/h8,10-11,19-20,27,30,33-34,36-37,48,59,61-62,66-69,72-76,106,109H,6-7,9,12-18,21-26,28-29,31-32,35,38-47,49-58H2,1-5H3,(H,96,112)(H,97,121)(H,98,113)(H,99,122)(H,100,123)(H,114,115)(H,116,117)(H,118,119)(H,125,126)(H,127,128)(H,129,130)(H,131,132)/t61-,62?,66-,67-,68+,69-,72?,73-,74+,75+,76+/m1/s1. The number of phenolic OH excluding ortho intramolecular Hbond substituents is 1. The number of aliphatic carboxylic acids is 7. The highest BCUT2D eigenvalue weighted by Gasteiger charge is 2.41. The highest BCUT2D eigenvalue weighted by Crippen LogP contribution is 2.27. The van der Waals surface area contributed by atoms with Gasteiger partial charge in [0.2, 0.25) is 35.8 Å². The van der Waals surface area contributed by atoms with Gasteiger partial charge in [-0.3, -0.25) is 111 Å². The number of nitrogens with one attached hydrogen (secondary N) is 5. The average molecular weight is 1900 g/mol. The number of ketones is 4. The lowest BCUT2D eigenvalue weighted by atomic mass is 9.89. The third kappa shape index (κ3) is 43.9. The van der Waals surface area contributed by atoms with Gasteiger partial charge in [-0.1, -0.05) is 82.0 Å². The predicted molar refractivity (Wildman–Crippen MR) is 483 cm³/mol. The van der Waals surface area contributed by atoms with E-state index in [0.29, 0.717) is 74.5 Å². The van der Waals surface area contributed by atoms with Crippen molar-refractivity contribution in [1.29, 1.82) is 0 Å². The number of amides is 6. The third-order valence-electron chi connectivity index (χ3n) is 23.7. The van der Waals surface area contributed by atoms with E-state index in [0.717, 1.165) is 0 Å². The summed E-state index contributed by atoms with van der Waals surface area (Å²) < 4.78 is 10.6. The number of aliphatic hydroxyl groups is 1. The van der Waals surface area contributed by atoms with Crippen LogP contribution in [0.3, 0.4) is 0 Å². The number of ether oxygens (including phenoxy) is 2. The molecule has 2 fully saturated rings. The number of carboxylic acid groups (broad SMARTS) is 7. The molecule has 0 radical (unpaired) electrons. The van der Waals surface area contributed by atoms with Crippen LogP contribution in [0.2, 0.25) is 0 Å². The van der Waals surface area contributed by atoms with Gasteiger partial charge in [0.15, 0.2) is 11.6 Å². The molecule has 5 rings (SSSR count). The van der Waals surface area contributed by atoms with Crippen LogP contribution in [0.5, 0.6) is 5.75 Å². The number of hydrogen-bond acceptors (Lipinski definition) is 28. The van der Waals surface area contributed by atoms with Crippen molar-refractivity contribution in [2.75, 3.05) is 91.7 Å². The van der Waals surface area contributed by atoms with E-state index in [1.165, 1.54) is 70.1 Å². The molecule has 6 amide bonds. The number of aromatic hydroxyl groups is 1. The number of esters is 2. The highest BCUT2D eigenvalue weighted by molar-refractivity contribution is 5.99. The van der Waals surface area contributed by atoms with Gasteiger partial charge in [-0.15, -0.1) is 0 Å². The Morgan fingerprint density at radius 1 is 0.481 bits per heavy atom. The number of rotatable bonds is 63. The molecule has 2 aliphatic heterocycles. The number of likely N-dealkylation sites (tertiary alicyclic amines) is 1. The fourth-order valence-corrected chi connectivity index (χ4v) is 16.3. The first kappa shape index (κ1) is 113. The van der Waals surface area contributed by atoms with Crippen LogP contribution in [0, 0.1) is 36.5 Å². The lowest BCUT2D eigenvalue weighted by Crippen LogP contribution is -2.55. The number of hydrogen-bond donors (Lipinski definition) is 14. The second kappa shape index (κ2) is 60.3. The topological polar surface area (TPSA) is 614 Å². The van der Waals surface area contributed by atoms with E-state index in [2.05, 4.69) is 31.6 Å². The first-order valence-electron chi connectivity index (χ1n) is 46.2. The van der Waals surface area contributed by atoms with Gasteiger partial charge in [0.1, 0.15) is 47.5 Å². The van der Waals surface area contributed by atoms with Gasteiger partial charge in [0.05, 0.1) is 50.0 Å². The SMILES string of the molecule is Cc1cc(C[C@@H](NC(=O)CC[C@@H](C(=O)O)N2CCN(CC(=O)O)CCN(CC(=O)O)CCN(CC(=O)O)CC2)C(=O)C[C@H](Cc2ccccc2)C(=O)NC(CCCCNC(=O)CCCCCCC(=O)CCCCC[C@H](CC(=O)C[C@@H](CCC(=O)OC(C)OC(=O)[C@@H](CC(=O)[C@H](CO)NC(=O)[C@@H]2CCCN2C(=O)[C@@H](C)NC(=O)c2ccncc2)CC(C)C)C(=O)O)C(=O)O)C(=O)O)ccc1O. The van der Waals surface area contributed by atoms with Gasteiger partial charge < -0.3 is 86.9 Å². The largest absolute Gasteiger partial charge is 0.508 e. The molecule has 2 saturated heterocycles. The van der Waals surface area contributed by atoms with Crippen LogP contribution in [0.25, 0.3) is 0 Å². The normalized spacial score (nSPS) is 16.4. The average Bonchev–Trinajstić information content (AvgIpc) is 1.61. The predicted octanol–water partition coefficient (Wildman–Crippen LogP) is 4.24. The lowest BCUT2D eigenvalue weighted by molar-refractivity contribution is -0.188. The van der Waals surface area contributed by atoms with E-state index >= 15 is 0 Å². The molecule has 3 heterocycles. The first-order valence-corrected chi connectivity index (χ1v) is 46.2. The van der Waals surface area contributed by atoms with Crippen molar-refractivity contribution in [3.8, 4) is 5.75 Å². The third-order valence-corrected chi connectivity index (χ3v) is 23.7. The second-order valence-corrected chi connectivity index (χ2v) is 35.1. The lowest BCUT2D eigenvalue weighted by Gasteiger charge is -2.35. The zero-order valence-corrected chi connectivity index (χ0v) is 77.6. The summed E-state index contributed by atoms with van der Waals surface area (Å²) in [5.74, 6) is -21.7. The van der Waals surface area contributed by atoms with Crippen LogP contribution >= 0.6 is 0 Å². The molecular weight excluding hydrogens is 1760 g/mol. The van der Waals surface area contributed by atoms with E-state index in [4.69, 9.17) is 9.47 Å². The zero-order valence-electron chi connectivity index (χ0n) is 77.6. The van der Waals surface area contributed by atoms with Crippen LogP contribution in [-0.4, -0.2) is 322 Å². The van der Waals surface area contributed by atoms with Gasteiger partial charge in [0.25, 0.3) is 5.91 Å². The van der Waals surface area contributed by atoms with E-state index in [-0.39, 0.29) is 165 Å². The summed E-state index contributed by atoms with van der Waals surface area (Å²) >= 11 is 0. The molecule has 2 aliphatic rings. The molecule has 0 saturated carbocycles. The van der Waals surface area contributed by atoms with Crippen LogP contribution < -0.4 is 26.6 Å². The van der Waals surface area contributed by atoms with E-state index < -0.39 is 238 Å². The molecule has 135 heavy (non-hydrogen) atoms. The summed E-state index contributed by atoms with van der Waals surface area (Å²) in [7, 11) is 0. The molecule has 0 aliphatic carbocycles. The number of aliphatic hydroxyl groups excluding tert-OH is 1. The monoisotopic (exact) mass is 1900 g/mol. The van der Waals surface area contributed by atoms with Gasteiger partial charge in [0, 0.05) is 154 Å². The number of phenols is 1. The molecule has 0 bridgehead atoms. The molecule has 3 aromatic rings. The Labute approximate surface area is 784 Å². The van der Waals surface area contributed by atoms with Crippen molar-refractivity contribution < 1.29 is 147 Å². The van der Waals surface area contributed by atoms with Gasteiger partial charge >= 0.3 is 53.7 Å². The molecule has 1 aromatic heterocycles. The zero-order chi connectivity index (χ0) is 99.8. The van der Waals surface area contributed by atoms with Crippen molar-refractivity contribution in [1.82, 2.24) is 56.1 Å². The fraction of sp³-hybridized carbons (Fsp3) is 0.617. The molecule has 41 nitrogen and oxygen atoms in total. The minimum absolute atomic E-state index is 0.00796. The molecule has 0 spiro atoms. The fourth-order valence-electron chi connectivity index (χ4n) is 16.3. The van der Waals surface area contributed by atoms with Gasteiger partial charge in [-0.05, 0) is 145 Å². The van der Waals surface area contributed by atoms with Gasteiger partial charge in [-0.25, -0.2) is 4.79 Å². The number of benzene rings is 2. The maximum atomic E-state index is 14.7. The number of aromatic nitrogens is 1. The van der Waals surface area contributed by atoms with Crippen molar-refractivity contribution in [2.24, 2.45) is 29.6 Å². The number of carbonyl (C=O) groups excluding carboxylic acids is 12. The molecule has 2 unspecified atom stereocenters. The van der Waals surface area contributed by atoms with Crippen molar-refractivity contribution in [3.05, 3.63) is 95.3 Å². The molecule has 2 aromatic carbocycles. The Morgan fingerprint density at radius 2 is 1.04 bits per heavy atom. The van der Waals surface area contributed by atoms with E-state index in [9.17, 15) is 137 Å². The van der Waals surface area contributed by atoms with E-state index in [1.807, 2.05) is 0 Å². The van der Waals surface area contributed by atoms with Crippen LogP contribution in [0.1, 0.15) is 215 Å². The van der Waals surface area contributed by atoms with Crippen LogP contribution in [0.4, 0.5) is 0 Å². The quantitative estimate of drug-likeness (QED) is 0.0213. The Balaban J connectivity index is 1.00. The Hall–Kier alpha value is -12.1. The molecule has 11 atom stereocenters. The molecule has 746 valence electrons. The Bertz CT molecular complexity index is 4430. The summed E-state index contributed by atoms with van der Waals surface area (Å²) in [6, 6.07) is 8.36. The number of pyridine rings is 1. The number of nitrogens with zero attached hydrogens (tertiary/aromatic N) is 6. The number of carboxylic acids is 7. The summed E-state index contributed by atoms with van der Waals surface area (Å²) in [5, 5.41) is 104. The Kier molecular flexibility index (Phi) is 50.7. The van der Waals surface area contributed by atoms with Crippen LogP contribution in [-0.2, 0) is 109 Å². The smallest absolute Gasteiger partial charge is 0.326 e. The van der Waals surface area contributed by atoms with Crippen molar-refractivity contribution >= 4 is 112 Å². The summed E-state index contributed by atoms with van der Waals surface area (Å²) in [6.45, 7) is 6.20. The number of carbonyl (C=O) groups is 19. The minimum Gasteiger partial charge on any atom is -0.508 e. The number of aryl methyl sites for hydroxylation is 1. The van der Waals surface area contributed by atoms with Gasteiger partial charge in [-0.2, -0.15) is 0 Å².